The quantitative estimate of drug-likeness (QED) is 0.553. The summed E-state index contributed by atoms with van der Waals surface area (Å²) < 4.78 is 0. The van der Waals surface area contributed by atoms with Crippen LogP contribution in [0, 0.1) is 0 Å². The van der Waals surface area contributed by atoms with Crippen molar-refractivity contribution in [1.82, 2.24) is 0 Å². The lowest BCUT2D eigenvalue weighted by Gasteiger charge is -2.22. The predicted octanol–water partition coefficient (Wildman–Crippen LogP) is 2.21. The van der Waals surface area contributed by atoms with Gasteiger partial charge in [0, 0.05) is 0 Å². The van der Waals surface area contributed by atoms with E-state index in [1.165, 1.54) is 0 Å². The van der Waals surface area contributed by atoms with E-state index in [2.05, 4.69) is 12.1 Å². The van der Waals surface area contributed by atoms with Gasteiger partial charge in [0.15, 0.2) is 0 Å². The lowest BCUT2D eigenvalue weighted by molar-refractivity contribution is 1.08. The molecular formula is C13H8B2. The first-order valence-electron chi connectivity index (χ1n) is 4.98. The number of rotatable bonds is 0. The molecule has 0 spiro atoms. The molecule has 2 heteroatoms. The third kappa shape index (κ3) is 1.05. The molecule has 0 saturated carbocycles. The maximum absolute atomic E-state index is 6.18. The Kier molecular flexibility index (Phi) is 1.64. The third-order valence-corrected chi connectivity index (χ3v) is 3.04. The van der Waals surface area contributed by atoms with Crippen LogP contribution in [0.3, 0.4) is 0 Å². The zero-order valence-corrected chi connectivity index (χ0v) is 8.27. The lowest BCUT2D eigenvalue weighted by atomic mass is 9.50. The van der Waals surface area contributed by atoms with Crippen LogP contribution < -0.4 is 0 Å². The van der Waals surface area contributed by atoms with E-state index in [0.717, 1.165) is 22.3 Å². The van der Waals surface area contributed by atoms with Gasteiger partial charge in [-0.25, -0.2) is 0 Å². The van der Waals surface area contributed by atoms with Crippen LogP contribution in [0.25, 0.3) is 11.1 Å². The van der Waals surface area contributed by atoms with Gasteiger partial charge >= 0.3 is 0 Å². The van der Waals surface area contributed by atoms with Crippen molar-refractivity contribution in [3.63, 3.8) is 0 Å². The molecule has 0 amide bonds. The van der Waals surface area contributed by atoms with Crippen LogP contribution >= 0.6 is 0 Å². The standard InChI is InChI=1S/C13H8B2/c14-13(15)11-7-3-1-5-9(11)10-6-2-4-8-12(10)13/h1-8H. The van der Waals surface area contributed by atoms with Gasteiger partial charge in [-0.05, 0) is 22.3 Å². The first kappa shape index (κ1) is 8.84. The number of hydrogen-bond acceptors (Lipinski definition) is 0. The van der Waals surface area contributed by atoms with Crippen LogP contribution in [0.15, 0.2) is 48.5 Å². The normalized spacial score (nSPS) is 15.7. The van der Waals surface area contributed by atoms with Crippen molar-refractivity contribution in [2.75, 3.05) is 0 Å². The first-order chi connectivity index (χ1) is 7.21. The van der Waals surface area contributed by atoms with E-state index in [9.17, 15) is 0 Å². The van der Waals surface area contributed by atoms with Crippen molar-refractivity contribution in [2.45, 2.75) is 5.21 Å². The molecule has 0 nitrogen and oxygen atoms in total. The maximum Gasteiger partial charge on any atom is 0.0745 e. The molecule has 3 rings (SSSR count). The molecule has 2 aromatic carbocycles. The average Bonchev–Trinajstić information content (AvgIpc) is 2.51. The molecule has 1 aliphatic rings. The maximum atomic E-state index is 6.18. The highest BCUT2D eigenvalue weighted by Gasteiger charge is 2.33. The van der Waals surface area contributed by atoms with Gasteiger partial charge < -0.3 is 0 Å². The highest BCUT2D eigenvalue weighted by Crippen LogP contribution is 2.44. The van der Waals surface area contributed by atoms with Crippen molar-refractivity contribution in [2.24, 2.45) is 0 Å². The van der Waals surface area contributed by atoms with Gasteiger partial charge in [0.1, 0.15) is 0 Å². The molecule has 1 aliphatic carbocycles. The molecule has 2 aromatic rings. The SMILES string of the molecule is [B]C1([B])c2ccccc2-c2ccccc21. The Balaban J connectivity index is 2.42. The van der Waals surface area contributed by atoms with Crippen LogP contribution in [-0.2, 0) is 5.21 Å². The van der Waals surface area contributed by atoms with Gasteiger partial charge in [0.2, 0.25) is 0 Å². The molecule has 0 unspecified atom stereocenters. The first-order valence-corrected chi connectivity index (χ1v) is 4.98. The Labute approximate surface area is 92.2 Å². The topological polar surface area (TPSA) is 0 Å². The van der Waals surface area contributed by atoms with E-state index in [-0.39, 0.29) is 0 Å². The Morgan fingerprint density at radius 3 is 1.53 bits per heavy atom. The molecule has 4 radical (unpaired) electrons. The fourth-order valence-corrected chi connectivity index (χ4v) is 2.30. The summed E-state index contributed by atoms with van der Waals surface area (Å²) in [4.78, 5) is 0. The van der Waals surface area contributed by atoms with E-state index in [1.54, 1.807) is 0 Å². The summed E-state index contributed by atoms with van der Waals surface area (Å²) in [5, 5.41) is -0.840. The average molecular weight is 186 g/mol. The summed E-state index contributed by atoms with van der Waals surface area (Å²) in [6.45, 7) is 0. The Bertz CT molecular complexity index is 482. The second-order valence-corrected chi connectivity index (χ2v) is 3.96. The van der Waals surface area contributed by atoms with Crippen molar-refractivity contribution < 1.29 is 0 Å². The second kappa shape index (κ2) is 2.79. The van der Waals surface area contributed by atoms with E-state index in [0.29, 0.717) is 0 Å². The van der Waals surface area contributed by atoms with E-state index in [1.807, 2.05) is 36.4 Å². The van der Waals surface area contributed by atoms with Gasteiger partial charge in [-0.15, -0.1) is 0 Å². The summed E-state index contributed by atoms with van der Waals surface area (Å²) in [6, 6.07) is 16.1. The van der Waals surface area contributed by atoms with Crippen LogP contribution in [0.4, 0.5) is 0 Å². The predicted molar refractivity (Wildman–Crippen MR) is 64.2 cm³/mol. The van der Waals surface area contributed by atoms with Crippen molar-refractivity contribution in [1.29, 1.82) is 0 Å². The second-order valence-electron chi connectivity index (χ2n) is 3.96. The third-order valence-electron chi connectivity index (χ3n) is 3.04. The van der Waals surface area contributed by atoms with E-state index >= 15 is 0 Å². The number of benzene rings is 2. The van der Waals surface area contributed by atoms with Gasteiger partial charge in [-0.2, -0.15) is 0 Å². The zero-order valence-electron chi connectivity index (χ0n) is 8.27. The summed E-state index contributed by atoms with van der Waals surface area (Å²) in [6.07, 6.45) is 0. The minimum Gasteiger partial charge on any atom is -0.0620 e. The Morgan fingerprint density at radius 1 is 0.667 bits per heavy atom. The fourth-order valence-electron chi connectivity index (χ4n) is 2.30. The molecule has 0 saturated heterocycles. The largest absolute Gasteiger partial charge is 0.0745 e. The molecular weight excluding hydrogens is 178 g/mol. The fraction of sp³-hybridized carbons (Fsp3) is 0.0769. The molecule has 0 heterocycles. The summed E-state index contributed by atoms with van der Waals surface area (Å²) in [5.74, 6) is 0. The Hall–Kier alpha value is -1.43. The van der Waals surface area contributed by atoms with Crippen molar-refractivity contribution in [3.8, 4) is 11.1 Å². The Morgan fingerprint density at radius 2 is 1.07 bits per heavy atom. The molecule has 0 bridgehead atoms. The molecule has 15 heavy (non-hydrogen) atoms. The van der Waals surface area contributed by atoms with Gasteiger partial charge in [0.25, 0.3) is 0 Å². The van der Waals surface area contributed by atoms with Crippen LogP contribution in [0.1, 0.15) is 11.1 Å². The summed E-state index contributed by atoms with van der Waals surface area (Å²) >= 11 is 0. The molecule has 0 aromatic heterocycles. The van der Waals surface area contributed by atoms with E-state index < -0.39 is 5.21 Å². The van der Waals surface area contributed by atoms with Gasteiger partial charge in [0.05, 0.1) is 15.7 Å². The zero-order chi connectivity index (χ0) is 10.5. The molecule has 0 atom stereocenters. The minimum atomic E-state index is -0.840. The molecule has 0 fully saturated rings. The smallest absolute Gasteiger partial charge is 0.0620 e. The van der Waals surface area contributed by atoms with Gasteiger partial charge in [-0.1, -0.05) is 53.7 Å². The highest BCUT2D eigenvalue weighted by molar-refractivity contribution is 6.44. The van der Waals surface area contributed by atoms with Gasteiger partial charge in [-0.3, -0.25) is 0 Å². The number of fused-ring (bicyclic) bond motifs is 3. The summed E-state index contributed by atoms with van der Waals surface area (Å²) in [7, 11) is 12.4. The van der Waals surface area contributed by atoms with Crippen molar-refractivity contribution in [3.05, 3.63) is 59.7 Å². The van der Waals surface area contributed by atoms with Crippen LogP contribution in [0.2, 0.25) is 0 Å². The van der Waals surface area contributed by atoms with Crippen LogP contribution in [-0.4, -0.2) is 15.7 Å². The molecule has 0 aliphatic heterocycles. The van der Waals surface area contributed by atoms with E-state index in [4.69, 9.17) is 15.7 Å². The van der Waals surface area contributed by atoms with Crippen LogP contribution in [0.5, 0.6) is 0 Å². The number of hydrogen-bond donors (Lipinski definition) is 0. The minimum absolute atomic E-state index is 0.840. The molecule has 0 N–H and O–H groups in total. The highest BCUT2D eigenvalue weighted by atomic mass is 14.3. The molecule has 66 valence electrons. The van der Waals surface area contributed by atoms with Crippen molar-refractivity contribution >= 4 is 15.7 Å². The summed E-state index contributed by atoms with van der Waals surface area (Å²) in [5.41, 5.74) is 4.31. The monoisotopic (exact) mass is 186 g/mol. The lowest BCUT2D eigenvalue weighted by Crippen LogP contribution is -2.25.